The largest absolute Gasteiger partial charge is 0.398 e. The van der Waals surface area contributed by atoms with Crippen molar-refractivity contribution >= 4 is 33.2 Å². The zero-order chi connectivity index (χ0) is 13.4. The average Bonchev–Trinajstić information content (AvgIpc) is 2.68. The van der Waals surface area contributed by atoms with Gasteiger partial charge in [-0.15, -0.1) is 0 Å². The maximum atomic E-state index is 12.1. The van der Waals surface area contributed by atoms with Gasteiger partial charge in [-0.25, -0.2) is 0 Å². The Morgan fingerprint density at radius 3 is 2.79 bits per heavy atom. The first kappa shape index (κ1) is 12.2. The molecule has 0 saturated heterocycles. The van der Waals surface area contributed by atoms with Crippen LogP contribution in [0.5, 0.6) is 0 Å². The third kappa shape index (κ3) is 2.21. The highest BCUT2D eigenvalue weighted by atomic mass is 79.9. The van der Waals surface area contributed by atoms with Gasteiger partial charge in [-0.3, -0.25) is 9.78 Å². The minimum absolute atomic E-state index is 0.101. The van der Waals surface area contributed by atoms with E-state index < -0.39 is 0 Å². The van der Waals surface area contributed by atoms with E-state index in [2.05, 4.69) is 20.9 Å². The minimum Gasteiger partial charge on any atom is -0.398 e. The van der Waals surface area contributed by atoms with Crippen LogP contribution in [0, 0.1) is 0 Å². The molecule has 19 heavy (non-hydrogen) atoms. The molecule has 0 unspecified atom stereocenters. The molecule has 0 fully saturated rings. The van der Waals surface area contributed by atoms with Crippen LogP contribution in [0.4, 0.5) is 11.4 Å². The van der Waals surface area contributed by atoms with Crippen molar-refractivity contribution in [2.75, 3.05) is 10.6 Å². The highest BCUT2D eigenvalue weighted by Gasteiger charge is 2.28. The Kier molecular flexibility index (Phi) is 2.98. The average molecular weight is 318 g/mol. The van der Waals surface area contributed by atoms with Crippen LogP contribution in [0.3, 0.4) is 0 Å². The first-order chi connectivity index (χ1) is 9.15. The molecule has 0 spiro atoms. The molecule has 2 heterocycles. The summed E-state index contributed by atoms with van der Waals surface area (Å²) < 4.78 is 0.838. The molecule has 0 bridgehead atoms. The number of benzene rings is 1. The number of hydrogen-bond acceptors (Lipinski definition) is 3. The number of carbonyl (C=O) groups is 1. The zero-order valence-corrected chi connectivity index (χ0v) is 11.7. The van der Waals surface area contributed by atoms with Crippen LogP contribution >= 0.6 is 15.9 Å². The number of nitrogen functional groups attached to an aromatic ring is 1. The van der Waals surface area contributed by atoms with E-state index in [0.29, 0.717) is 18.7 Å². The van der Waals surface area contributed by atoms with Gasteiger partial charge in [-0.2, -0.15) is 0 Å². The molecular weight excluding hydrogens is 306 g/mol. The van der Waals surface area contributed by atoms with E-state index in [1.165, 1.54) is 0 Å². The summed E-state index contributed by atoms with van der Waals surface area (Å²) in [5.41, 5.74) is 9.52. The molecule has 1 aliphatic rings. The van der Waals surface area contributed by atoms with Crippen molar-refractivity contribution in [2.24, 2.45) is 0 Å². The molecule has 5 heteroatoms. The number of pyridine rings is 1. The van der Waals surface area contributed by atoms with Crippen LogP contribution in [-0.2, 0) is 17.8 Å². The van der Waals surface area contributed by atoms with E-state index in [-0.39, 0.29) is 5.91 Å². The van der Waals surface area contributed by atoms with Gasteiger partial charge >= 0.3 is 0 Å². The van der Waals surface area contributed by atoms with E-state index in [4.69, 9.17) is 5.73 Å². The van der Waals surface area contributed by atoms with E-state index >= 15 is 0 Å². The fourth-order valence-corrected chi connectivity index (χ4v) is 2.64. The Labute approximate surface area is 119 Å². The van der Waals surface area contributed by atoms with Crippen molar-refractivity contribution in [3.63, 3.8) is 0 Å². The van der Waals surface area contributed by atoms with Crippen LogP contribution in [0.2, 0.25) is 0 Å². The summed E-state index contributed by atoms with van der Waals surface area (Å²) in [5, 5.41) is 0. The first-order valence-electron chi connectivity index (χ1n) is 5.92. The van der Waals surface area contributed by atoms with Gasteiger partial charge < -0.3 is 10.6 Å². The van der Waals surface area contributed by atoms with Crippen molar-refractivity contribution in [1.82, 2.24) is 4.98 Å². The molecule has 0 saturated carbocycles. The Balaban J connectivity index is 1.96. The van der Waals surface area contributed by atoms with Crippen LogP contribution in [0.15, 0.2) is 41.1 Å². The summed E-state index contributed by atoms with van der Waals surface area (Å²) in [7, 11) is 0. The van der Waals surface area contributed by atoms with E-state index in [0.717, 1.165) is 21.3 Å². The molecule has 1 aromatic carbocycles. The predicted molar refractivity (Wildman–Crippen MR) is 77.7 cm³/mol. The number of amides is 1. The van der Waals surface area contributed by atoms with Gasteiger partial charge in [0.2, 0.25) is 5.91 Å². The summed E-state index contributed by atoms with van der Waals surface area (Å²) >= 11 is 3.39. The molecule has 2 aromatic rings. The van der Waals surface area contributed by atoms with E-state index in [1.54, 1.807) is 17.3 Å². The Hall–Kier alpha value is -1.88. The number of aromatic nitrogens is 1. The highest BCUT2D eigenvalue weighted by Crippen LogP contribution is 2.35. The second-order valence-electron chi connectivity index (χ2n) is 4.51. The summed E-state index contributed by atoms with van der Waals surface area (Å²) in [6.45, 7) is 0.551. The maximum absolute atomic E-state index is 12.1. The first-order valence-corrected chi connectivity index (χ1v) is 6.71. The molecule has 3 rings (SSSR count). The topological polar surface area (TPSA) is 59.2 Å². The number of hydrogen-bond donors (Lipinski definition) is 1. The lowest BCUT2D eigenvalue weighted by atomic mass is 10.1. The van der Waals surface area contributed by atoms with Gasteiger partial charge in [0.1, 0.15) is 0 Å². The van der Waals surface area contributed by atoms with Gasteiger partial charge in [-0.05, 0) is 51.3 Å². The summed E-state index contributed by atoms with van der Waals surface area (Å²) in [5.74, 6) is 0.101. The predicted octanol–water partition coefficient (Wildman–Crippen LogP) is 2.52. The zero-order valence-electron chi connectivity index (χ0n) is 10.1. The van der Waals surface area contributed by atoms with Gasteiger partial charge in [0.05, 0.1) is 13.0 Å². The van der Waals surface area contributed by atoms with Gasteiger partial charge in [0.25, 0.3) is 0 Å². The molecule has 1 aromatic heterocycles. The van der Waals surface area contributed by atoms with Crippen LogP contribution in [-0.4, -0.2) is 10.9 Å². The lowest BCUT2D eigenvalue weighted by Crippen LogP contribution is -2.26. The number of nitrogens with two attached hydrogens (primary N) is 1. The molecule has 96 valence electrons. The quantitative estimate of drug-likeness (QED) is 0.866. The van der Waals surface area contributed by atoms with Crippen molar-refractivity contribution in [2.45, 2.75) is 13.0 Å². The monoisotopic (exact) mass is 317 g/mol. The number of carbonyl (C=O) groups excluding carboxylic acids is 1. The highest BCUT2D eigenvalue weighted by molar-refractivity contribution is 9.10. The standard InChI is InChI=1S/C14H12BrN3O/c15-11-5-10-6-14(19)18(13(10)7-12(11)16)8-9-1-3-17-4-2-9/h1-5,7H,6,8,16H2. The summed E-state index contributed by atoms with van der Waals surface area (Å²) in [6.07, 6.45) is 3.89. The number of nitrogens with zero attached hydrogens (tertiary/aromatic N) is 2. The third-order valence-corrected chi connectivity index (χ3v) is 3.91. The Morgan fingerprint density at radius 2 is 2.05 bits per heavy atom. The summed E-state index contributed by atoms with van der Waals surface area (Å²) in [4.78, 5) is 17.9. The van der Waals surface area contributed by atoms with Crippen molar-refractivity contribution in [1.29, 1.82) is 0 Å². The van der Waals surface area contributed by atoms with Crippen LogP contribution < -0.4 is 10.6 Å². The fraction of sp³-hybridized carbons (Fsp3) is 0.143. The van der Waals surface area contributed by atoms with E-state index in [1.807, 2.05) is 24.3 Å². The second kappa shape index (κ2) is 4.66. The molecule has 0 atom stereocenters. The van der Waals surface area contributed by atoms with Gasteiger partial charge in [0, 0.05) is 28.2 Å². The number of halogens is 1. The molecular formula is C14H12BrN3O. The smallest absolute Gasteiger partial charge is 0.231 e. The molecule has 1 aliphatic heterocycles. The minimum atomic E-state index is 0.101. The molecule has 1 amide bonds. The number of rotatable bonds is 2. The SMILES string of the molecule is Nc1cc2c(cc1Br)CC(=O)N2Cc1ccncc1. The van der Waals surface area contributed by atoms with Crippen LogP contribution in [0.25, 0.3) is 0 Å². The lowest BCUT2D eigenvalue weighted by Gasteiger charge is -2.18. The van der Waals surface area contributed by atoms with Crippen molar-refractivity contribution in [3.8, 4) is 0 Å². The van der Waals surface area contributed by atoms with Crippen molar-refractivity contribution in [3.05, 3.63) is 52.3 Å². The third-order valence-electron chi connectivity index (χ3n) is 3.22. The molecule has 4 nitrogen and oxygen atoms in total. The van der Waals surface area contributed by atoms with Crippen molar-refractivity contribution < 1.29 is 4.79 Å². The second-order valence-corrected chi connectivity index (χ2v) is 5.37. The Morgan fingerprint density at radius 1 is 1.32 bits per heavy atom. The number of fused-ring (bicyclic) bond motifs is 1. The summed E-state index contributed by atoms with van der Waals surface area (Å²) in [6, 6.07) is 7.60. The van der Waals surface area contributed by atoms with Gasteiger partial charge in [0.15, 0.2) is 0 Å². The normalized spacial score (nSPS) is 13.7. The molecule has 2 N–H and O–H groups in total. The molecule has 0 radical (unpaired) electrons. The lowest BCUT2D eigenvalue weighted by molar-refractivity contribution is -0.117. The number of anilines is 2. The van der Waals surface area contributed by atoms with E-state index in [9.17, 15) is 4.79 Å². The molecule has 0 aliphatic carbocycles. The van der Waals surface area contributed by atoms with Crippen LogP contribution in [0.1, 0.15) is 11.1 Å². The maximum Gasteiger partial charge on any atom is 0.231 e. The fourth-order valence-electron chi connectivity index (χ4n) is 2.25. The Bertz CT molecular complexity index is 643. The van der Waals surface area contributed by atoms with Gasteiger partial charge in [-0.1, -0.05) is 0 Å².